The molecule has 3 aromatic heterocycles. The molecule has 1 unspecified atom stereocenters. The van der Waals surface area contributed by atoms with Crippen LogP contribution in [0.15, 0.2) is 59.8 Å². The Kier molecular flexibility index (Phi) is 7.66. The van der Waals surface area contributed by atoms with Crippen LogP contribution in [0, 0.1) is 12.8 Å². The van der Waals surface area contributed by atoms with Crippen LogP contribution in [0.2, 0.25) is 0 Å². The Balaban J connectivity index is 1.16. The summed E-state index contributed by atoms with van der Waals surface area (Å²) in [7, 11) is 2.18. The number of nitrogens with one attached hydrogen (secondary N) is 1. The lowest BCUT2D eigenvalue weighted by Crippen LogP contribution is -2.31. The number of rotatable bonds is 8. The van der Waals surface area contributed by atoms with Gasteiger partial charge in [0, 0.05) is 72.5 Å². The van der Waals surface area contributed by atoms with E-state index in [1.807, 2.05) is 30.0 Å². The maximum atomic E-state index is 14.1. The van der Waals surface area contributed by atoms with Crippen molar-refractivity contribution in [3.8, 4) is 11.1 Å². The molecule has 44 heavy (non-hydrogen) atoms. The largest absolute Gasteiger partial charge is 0.375 e. The molecule has 1 aromatic carbocycles. The molecule has 2 aliphatic heterocycles. The van der Waals surface area contributed by atoms with Crippen LogP contribution in [-0.4, -0.2) is 67.5 Å². The quantitative estimate of drug-likeness (QED) is 0.274. The van der Waals surface area contributed by atoms with Crippen molar-refractivity contribution in [2.75, 3.05) is 38.5 Å². The second kappa shape index (κ2) is 11.8. The first-order valence-electron chi connectivity index (χ1n) is 16.0. The number of likely N-dealkylation sites (N-methyl/N-ethyl adjacent to an activating group) is 1. The number of nitrogens with zero attached hydrogens (tertiary/aromatic N) is 7. The summed E-state index contributed by atoms with van der Waals surface area (Å²) in [4.78, 5) is 38.0. The number of allylic oxidation sites excluding steroid dienone is 1. The van der Waals surface area contributed by atoms with Gasteiger partial charge in [-0.25, -0.2) is 15.0 Å². The van der Waals surface area contributed by atoms with Crippen LogP contribution in [0.25, 0.3) is 22.2 Å². The smallest absolute Gasteiger partial charge is 0.260 e. The van der Waals surface area contributed by atoms with E-state index in [1.54, 1.807) is 0 Å². The van der Waals surface area contributed by atoms with Crippen molar-refractivity contribution >= 4 is 22.7 Å². The first-order valence-corrected chi connectivity index (χ1v) is 16.0. The van der Waals surface area contributed by atoms with E-state index in [-0.39, 0.29) is 5.56 Å². The van der Waals surface area contributed by atoms with E-state index in [2.05, 4.69) is 64.9 Å². The molecule has 0 spiro atoms. The van der Waals surface area contributed by atoms with Gasteiger partial charge in [0.15, 0.2) is 0 Å². The molecule has 1 N–H and O–H groups in total. The maximum Gasteiger partial charge on any atom is 0.260 e. The van der Waals surface area contributed by atoms with Gasteiger partial charge in [0.2, 0.25) is 5.95 Å². The van der Waals surface area contributed by atoms with E-state index in [9.17, 15) is 4.79 Å². The Morgan fingerprint density at radius 2 is 1.70 bits per heavy atom. The number of likely N-dealkylation sites (tertiary alicyclic amines) is 2. The first kappa shape index (κ1) is 28.6. The van der Waals surface area contributed by atoms with E-state index < -0.39 is 0 Å². The summed E-state index contributed by atoms with van der Waals surface area (Å²) in [5.74, 6) is 2.77. The Morgan fingerprint density at radius 1 is 0.955 bits per heavy atom. The predicted molar refractivity (Wildman–Crippen MR) is 175 cm³/mol. The minimum Gasteiger partial charge on any atom is -0.375 e. The third kappa shape index (κ3) is 5.85. The molecule has 0 radical (unpaired) electrons. The highest BCUT2D eigenvalue weighted by Gasteiger charge is 2.27. The summed E-state index contributed by atoms with van der Waals surface area (Å²) in [6.45, 7) is 13.0. The fraction of sp³-hybridized carbons (Fsp3) is 0.457. The average Bonchev–Trinajstić information content (AvgIpc) is 3.75. The number of aryl methyl sites for hydroxylation is 1. The summed E-state index contributed by atoms with van der Waals surface area (Å²) in [6.07, 6.45) is 9.15. The molecule has 9 heteroatoms. The highest BCUT2D eigenvalue weighted by Crippen LogP contribution is 2.33. The van der Waals surface area contributed by atoms with Crippen LogP contribution in [0.3, 0.4) is 0 Å². The molecule has 9 nitrogen and oxygen atoms in total. The molecule has 1 saturated carbocycles. The number of hydrogen-bond acceptors (Lipinski definition) is 8. The molecule has 3 fully saturated rings. The maximum absolute atomic E-state index is 14.1. The standard InChI is InChI=1S/C35H42N8O/c1-22(2)42-15-12-26(13-16-42)32-36-19-31(23(3)38-32)30-17-28-18-37-35(40-33(28)43(34(30)44)20-24-5-6-24)39-29-9-7-25(8-10-29)27-11-14-41(4)21-27/h7-10,17-19,24,26-27H,1,5-6,11-16,20-21H2,2-4H3,(H,37,39,40). The van der Waals surface area contributed by atoms with Gasteiger partial charge in [0.1, 0.15) is 11.5 Å². The fourth-order valence-corrected chi connectivity index (χ4v) is 6.78. The Labute approximate surface area is 259 Å². The van der Waals surface area contributed by atoms with Crippen molar-refractivity contribution < 1.29 is 0 Å². The summed E-state index contributed by atoms with van der Waals surface area (Å²) < 4.78 is 1.84. The van der Waals surface area contributed by atoms with Gasteiger partial charge in [-0.1, -0.05) is 18.7 Å². The molecule has 1 aliphatic carbocycles. The average molecular weight is 591 g/mol. The number of benzene rings is 1. The SMILES string of the molecule is C=C(C)N1CCC(c2ncc(-c3cc4cnc(Nc5ccc(C6CCN(C)C6)cc5)nc4n(CC4CC4)c3=O)c(C)n2)CC1. The van der Waals surface area contributed by atoms with Crippen LogP contribution in [0.5, 0.6) is 0 Å². The number of hydrogen-bond donors (Lipinski definition) is 1. The molecule has 3 aliphatic rings. The van der Waals surface area contributed by atoms with Crippen molar-refractivity contribution in [1.29, 1.82) is 0 Å². The van der Waals surface area contributed by atoms with Gasteiger partial charge < -0.3 is 15.1 Å². The van der Waals surface area contributed by atoms with E-state index in [0.29, 0.717) is 41.5 Å². The third-order valence-electron chi connectivity index (χ3n) is 9.68. The topological polar surface area (TPSA) is 92.1 Å². The van der Waals surface area contributed by atoms with Gasteiger partial charge in [0.25, 0.3) is 5.56 Å². The number of anilines is 2. The number of piperidine rings is 1. The highest BCUT2D eigenvalue weighted by molar-refractivity contribution is 5.82. The van der Waals surface area contributed by atoms with Crippen LogP contribution in [0.4, 0.5) is 11.6 Å². The molecular weight excluding hydrogens is 548 g/mol. The summed E-state index contributed by atoms with van der Waals surface area (Å²) >= 11 is 0. The van der Waals surface area contributed by atoms with Crippen LogP contribution >= 0.6 is 0 Å². The Bertz CT molecular complexity index is 1750. The summed E-state index contributed by atoms with van der Waals surface area (Å²) in [6, 6.07) is 10.5. The zero-order valence-corrected chi connectivity index (χ0v) is 26.1. The van der Waals surface area contributed by atoms with Gasteiger partial charge in [-0.3, -0.25) is 9.36 Å². The predicted octanol–water partition coefficient (Wildman–Crippen LogP) is 5.84. The zero-order chi connectivity index (χ0) is 30.4. The lowest BCUT2D eigenvalue weighted by Gasteiger charge is -2.33. The summed E-state index contributed by atoms with van der Waals surface area (Å²) in [5.41, 5.74) is 6.25. The molecule has 2 saturated heterocycles. The third-order valence-corrected chi connectivity index (χ3v) is 9.68. The molecule has 0 amide bonds. The van der Waals surface area contributed by atoms with Crippen molar-refractivity contribution in [2.45, 2.75) is 64.3 Å². The number of pyridine rings is 1. The van der Waals surface area contributed by atoms with E-state index in [0.717, 1.165) is 85.7 Å². The zero-order valence-electron chi connectivity index (χ0n) is 26.1. The van der Waals surface area contributed by atoms with Crippen molar-refractivity contribution in [1.82, 2.24) is 34.3 Å². The van der Waals surface area contributed by atoms with Crippen LogP contribution in [0.1, 0.15) is 67.9 Å². The molecular formula is C35H42N8O. The normalized spacial score (nSPS) is 19.5. The molecule has 4 aromatic rings. The first-order chi connectivity index (χ1) is 21.3. The van der Waals surface area contributed by atoms with Gasteiger partial charge in [0.05, 0.1) is 5.56 Å². The summed E-state index contributed by atoms with van der Waals surface area (Å²) in [5, 5.41) is 4.20. The highest BCUT2D eigenvalue weighted by atomic mass is 16.1. The van der Waals surface area contributed by atoms with Gasteiger partial charge in [-0.05, 0) is 95.1 Å². The van der Waals surface area contributed by atoms with Crippen molar-refractivity contribution in [3.05, 3.63) is 82.4 Å². The second-order valence-electron chi connectivity index (χ2n) is 13.1. The Morgan fingerprint density at radius 3 is 2.36 bits per heavy atom. The van der Waals surface area contributed by atoms with E-state index in [1.165, 1.54) is 12.0 Å². The molecule has 7 rings (SSSR count). The van der Waals surface area contributed by atoms with E-state index in [4.69, 9.17) is 15.0 Å². The lowest BCUT2D eigenvalue weighted by molar-refractivity contribution is 0.260. The molecule has 0 bridgehead atoms. The fourth-order valence-electron chi connectivity index (χ4n) is 6.78. The minimum atomic E-state index is -0.0471. The van der Waals surface area contributed by atoms with Crippen LogP contribution < -0.4 is 10.9 Å². The second-order valence-corrected chi connectivity index (χ2v) is 13.1. The lowest BCUT2D eigenvalue weighted by atomic mass is 9.95. The van der Waals surface area contributed by atoms with Gasteiger partial charge in [-0.15, -0.1) is 0 Å². The number of aromatic nitrogens is 5. The van der Waals surface area contributed by atoms with Crippen molar-refractivity contribution in [2.24, 2.45) is 5.92 Å². The van der Waals surface area contributed by atoms with Gasteiger partial charge in [-0.2, -0.15) is 4.98 Å². The van der Waals surface area contributed by atoms with E-state index >= 15 is 0 Å². The Hall–Kier alpha value is -4.11. The minimum absolute atomic E-state index is 0.0471. The number of fused-ring (bicyclic) bond motifs is 1. The van der Waals surface area contributed by atoms with Crippen molar-refractivity contribution in [3.63, 3.8) is 0 Å². The molecule has 1 atom stereocenters. The van der Waals surface area contributed by atoms with Crippen LogP contribution in [-0.2, 0) is 6.54 Å². The van der Waals surface area contributed by atoms with Gasteiger partial charge >= 0.3 is 0 Å². The monoisotopic (exact) mass is 590 g/mol. The molecule has 228 valence electrons. The molecule has 5 heterocycles.